The summed E-state index contributed by atoms with van der Waals surface area (Å²) in [5, 5.41) is 6.20. The average Bonchev–Trinajstić information content (AvgIpc) is 2.82. The van der Waals surface area contributed by atoms with Gasteiger partial charge < -0.3 is 15.4 Å². The van der Waals surface area contributed by atoms with Gasteiger partial charge in [-0.05, 0) is 12.1 Å². The van der Waals surface area contributed by atoms with Gasteiger partial charge in [0.05, 0.1) is 17.3 Å². The van der Waals surface area contributed by atoms with Gasteiger partial charge >= 0.3 is 0 Å². The Balaban J connectivity index is 1.97. The van der Waals surface area contributed by atoms with Crippen LogP contribution >= 0.6 is 11.6 Å². The summed E-state index contributed by atoms with van der Waals surface area (Å²) in [5.41, 5.74) is 0.577. The first-order chi connectivity index (χ1) is 8.65. The van der Waals surface area contributed by atoms with Crippen LogP contribution in [0.3, 0.4) is 0 Å². The third kappa shape index (κ3) is 3.37. The molecule has 6 heteroatoms. The molecule has 1 aliphatic rings. The Kier molecular flexibility index (Phi) is 4.04. The molecule has 1 aromatic rings. The molecule has 0 saturated carbocycles. The summed E-state index contributed by atoms with van der Waals surface area (Å²) >= 11 is 6.03. The average molecular weight is 268 g/mol. The Hall–Kier alpha value is -1.75. The predicted octanol–water partition coefficient (Wildman–Crippen LogP) is 1.68. The lowest BCUT2D eigenvalue weighted by Gasteiger charge is -2.09. The molecule has 0 aromatic heterocycles. The molecule has 2 rings (SSSR count). The summed E-state index contributed by atoms with van der Waals surface area (Å²) in [6.07, 6.45) is 0. The number of hydrogen-bond acceptors (Lipinski definition) is 4. The summed E-state index contributed by atoms with van der Waals surface area (Å²) in [6, 6.07) is 5.14. The number of aliphatic imine (C=N–C) groups is 1. The number of carbonyl (C=O) groups is 1. The van der Waals surface area contributed by atoms with Crippen LogP contribution in [-0.4, -0.2) is 31.4 Å². The van der Waals surface area contributed by atoms with E-state index in [9.17, 15) is 4.79 Å². The summed E-state index contributed by atoms with van der Waals surface area (Å²) in [7, 11) is 0. The second-order valence-electron chi connectivity index (χ2n) is 3.87. The molecule has 1 aliphatic heterocycles. The van der Waals surface area contributed by atoms with Gasteiger partial charge in [-0.3, -0.25) is 9.79 Å². The Morgan fingerprint density at radius 3 is 3.06 bits per heavy atom. The number of hydrogen-bond donors (Lipinski definition) is 2. The van der Waals surface area contributed by atoms with E-state index >= 15 is 0 Å². The normalized spacial score (nSPS) is 13.8. The molecule has 0 spiro atoms. The first-order valence-corrected chi connectivity index (χ1v) is 6.00. The van der Waals surface area contributed by atoms with Gasteiger partial charge in [0.15, 0.2) is 0 Å². The topological polar surface area (TPSA) is 62.7 Å². The third-order valence-corrected chi connectivity index (χ3v) is 2.68. The summed E-state index contributed by atoms with van der Waals surface area (Å²) < 4.78 is 5.54. The van der Waals surface area contributed by atoms with Crippen LogP contribution < -0.4 is 15.4 Å². The van der Waals surface area contributed by atoms with Crippen LogP contribution in [0, 0.1) is 0 Å². The summed E-state index contributed by atoms with van der Waals surface area (Å²) in [4.78, 5) is 15.1. The fourth-order valence-electron chi connectivity index (χ4n) is 1.57. The Labute approximate surface area is 110 Å². The predicted molar refractivity (Wildman–Crippen MR) is 71.6 cm³/mol. The highest BCUT2D eigenvalue weighted by Crippen LogP contribution is 2.26. The molecule has 1 heterocycles. The van der Waals surface area contributed by atoms with Crippen LogP contribution in [0.5, 0.6) is 5.75 Å². The molecular weight excluding hydrogens is 254 g/mol. The van der Waals surface area contributed by atoms with E-state index in [1.165, 1.54) is 6.92 Å². The van der Waals surface area contributed by atoms with E-state index in [4.69, 9.17) is 16.3 Å². The SMILES string of the molecule is CC(=O)Nc1ccc(OCC2=NCCN2)cc1Cl. The highest BCUT2D eigenvalue weighted by Gasteiger charge is 2.07. The summed E-state index contributed by atoms with van der Waals surface area (Å²) in [5.74, 6) is 1.33. The lowest BCUT2D eigenvalue weighted by atomic mass is 10.3. The monoisotopic (exact) mass is 267 g/mol. The van der Waals surface area contributed by atoms with Crippen molar-refractivity contribution in [3.63, 3.8) is 0 Å². The van der Waals surface area contributed by atoms with Crippen molar-refractivity contribution in [2.75, 3.05) is 25.0 Å². The van der Waals surface area contributed by atoms with Crippen LogP contribution in [-0.2, 0) is 4.79 Å². The number of nitrogens with zero attached hydrogens (tertiary/aromatic N) is 1. The van der Waals surface area contributed by atoms with Gasteiger partial charge in [-0.2, -0.15) is 0 Å². The minimum atomic E-state index is -0.157. The van der Waals surface area contributed by atoms with Crippen molar-refractivity contribution in [2.45, 2.75) is 6.92 Å². The van der Waals surface area contributed by atoms with Gasteiger partial charge in [0, 0.05) is 19.5 Å². The molecule has 2 N–H and O–H groups in total. The molecule has 0 bridgehead atoms. The van der Waals surface area contributed by atoms with E-state index in [1.807, 2.05) is 0 Å². The second-order valence-corrected chi connectivity index (χ2v) is 4.27. The number of rotatable bonds is 4. The lowest BCUT2D eigenvalue weighted by molar-refractivity contribution is -0.114. The van der Waals surface area contributed by atoms with Gasteiger partial charge in [0.2, 0.25) is 5.91 Å². The van der Waals surface area contributed by atoms with Crippen LogP contribution in [0.4, 0.5) is 5.69 Å². The first-order valence-electron chi connectivity index (χ1n) is 5.62. The molecule has 18 heavy (non-hydrogen) atoms. The maximum absolute atomic E-state index is 10.9. The van der Waals surface area contributed by atoms with Crippen LogP contribution in [0.2, 0.25) is 5.02 Å². The fraction of sp³-hybridized carbons (Fsp3) is 0.333. The highest BCUT2D eigenvalue weighted by molar-refractivity contribution is 6.33. The van der Waals surface area contributed by atoms with Crippen molar-refractivity contribution in [1.29, 1.82) is 0 Å². The number of amides is 1. The smallest absolute Gasteiger partial charge is 0.221 e. The molecule has 5 nitrogen and oxygen atoms in total. The number of benzene rings is 1. The number of halogens is 1. The van der Waals surface area contributed by atoms with Crippen molar-refractivity contribution in [3.05, 3.63) is 23.2 Å². The van der Waals surface area contributed by atoms with Crippen molar-refractivity contribution < 1.29 is 9.53 Å². The van der Waals surface area contributed by atoms with Crippen molar-refractivity contribution in [1.82, 2.24) is 5.32 Å². The van der Waals surface area contributed by atoms with E-state index in [0.717, 1.165) is 18.9 Å². The van der Waals surface area contributed by atoms with Gasteiger partial charge in [-0.15, -0.1) is 0 Å². The Bertz CT molecular complexity index is 488. The minimum Gasteiger partial charge on any atom is -0.486 e. The molecule has 96 valence electrons. The van der Waals surface area contributed by atoms with E-state index in [2.05, 4.69) is 15.6 Å². The van der Waals surface area contributed by atoms with E-state index in [0.29, 0.717) is 23.1 Å². The molecular formula is C12H14ClN3O2. The number of anilines is 1. The van der Waals surface area contributed by atoms with Crippen molar-refractivity contribution >= 4 is 29.0 Å². The maximum atomic E-state index is 10.9. The maximum Gasteiger partial charge on any atom is 0.221 e. The second kappa shape index (κ2) is 5.73. The van der Waals surface area contributed by atoms with Crippen molar-refractivity contribution in [2.24, 2.45) is 4.99 Å². The molecule has 0 saturated heterocycles. The lowest BCUT2D eigenvalue weighted by Crippen LogP contribution is -2.24. The third-order valence-electron chi connectivity index (χ3n) is 2.37. The number of ether oxygens (including phenoxy) is 1. The molecule has 0 fully saturated rings. The first kappa shape index (κ1) is 12.7. The highest BCUT2D eigenvalue weighted by atomic mass is 35.5. The van der Waals surface area contributed by atoms with E-state index in [1.54, 1.807) is 18.2 Å². The molecule has 0 radical (unpaired) electrons. The minimum absolute atomic E-state index is 0.157. The number of amidine groups is 1. The largest absolute Gasteiger partial charge is 0.486 e. The van der Waals surface area contributed by atoms with E-state index in [-0.39, 0.29) is 5.91 Å². The molecule has 1 amide bonds. The fourth-order valence-corrected chi connectivity index (χ4v) is 1.79. The van der Waals surface area contributed by atoms with Gasteiger partial charge in [-0.25, -0.2) is 0 Å². The van der Waals surface area contributed by atoms with E-state index < -0.39 is 0 Å². The number of carbonyl (C=O) groups excluding carboxylic acids is 1. The van der Waals surface area contributed by atoms with Crippen molar-refractivity contribution in [3.8, 4) is 5.75 Å². The van der Waals surface area contributed by atoms with Crippen LogP contribution in [0.1, 0.15) is 6.92 Å². The molecule has 0 atom stereocenters. The zero-order valence-corrected chi connectivity index (χ0v) is 10.8. The molecule has 1 aromatic carbocycles. The number of nitrogens with one attached hydrogen (secondary N) is 2. The van der Waals surface area contributed by atoms with Gasteiger partial charge in [0.25, 0.3) is 0 Å². The molecule has 0 unspecified atom stereocenters. The van der Waals surface area contributed by atoms with Crippen LogP contribution in [0.15, 0.2) is 23.2 Å². The van der Waals surface area contributed by atoms with Crippen LogP contribution in [0.25, 0.3) is 0 Å². The van der Waals surface area contributed by atoms with Gasteiger partial charge in [0.1, 0.15) is 18.2 Å². The standard InChI is InChI=1S/C12H14ClN3O2/c1-8(17)16-11-3-2-9(6-10(11)13)18-7-12-14-4-5-15-12/h2-3,6H,4-5,7H2,1H3,(H,14,15)(H,16,17). The zero-order valence-electron chi connectivity index (χ0n) is 10.00. The summed E-state index contributed by atoms with van der Waals surface area (Å²) in [6.45, 7) is 3.49. The van der Waals surface area contributed by atoms with Gasteiger partial charge in [-0.1, -0.05) is 11.6 Å². The Morgan fingerprint density at radius 1 is 1.61 bits per heavy atom. The zero-order chi connectivity index (χ0) is 13.0. The Morgan fingerprint density at radius 2 is 2.44 bits per heavy atom. The quantitative estimate of drug-likeness (QED) is 0.872. The molecule has 0 aliphatic carbocycles.